The molecule has 134 valence electrons. The van der Waals surface area contributed by atoms with Crippen molar-refractivity contribution in [2.45, 2.75) is 12.5 Å². The fourth-order valence-corrected chi connectivity index (χ4v) is 3.25. The lowest BCUT2D eigenvalue weighted by Crippen LogP contribution is -2.42. The summed E-state index contributed by atoms with van der Waals surface area (Å²) in [5.74, 6) is 0.809. The van der Waals surface area contributed by atoms with Gasteiger partial charge in [0.1, 0.15) is 0 Å². The Labute approximate surface area is 144 Å². The van der Waals surface area contributed by atoms with Crippen molar-refractivity contribution < 1.29 is 14.6 Å². The molecule has 0 fully saturated rings. The largest absolute Gasteiger partial charge is 0.494 e. The Hall–Kier alpha value is -2.74. The van der Waals surface area contributed by atoms with E-state index in [1.165, 1.54) is 21.2 Å². The Morgan fingerprint density at radius 2 is 1.76 bits per heavy atom. The fraction of sp³-hybridized carbons (Fsp3) is 0.412. The monoisotopic (exact) mass is 347 g/mol. The quantitative estimate of drug-likeness (QED) is 0.814. The first kappa shape index (κ1) is 17.1. The SMILES string of the molecule is COc1cc2c(cc1OC)C(c1c(O)n(C)c(=O)n(C)c1=O)NCC2. The molecule has 8 heteroatoms. The maximum Gasteiger partial charge on any atom is 0.333 e. The second-order valence-electron chi connectivity index (χ2n) is 5.99. The number of nitrogens with zero attached hydrogens (tertiary/aromatic N) is 2. The first-order valence-electron chi connectivity index (χ1n) is 7.87. The third kappa shape index (κ3) is 2.58. The molecule has 0 bridgehead atoms. The topological polar surface area (TPSA) is 94.7 Å². The van der Waals surface area contributed by atoms with Gasteiger partial charge in [-0.2, -0.15) is 0 Å². The molecular formula is C17H21N3O5. The molecule has 3 rings (SSSR count). The molecule has 25 heavy (non-hydrogen) atoms. The number of aromatic hydroxyl groups is 1. The van der Waals surface area contributed by atoms with E-state index in [2.05, 4.69) is 5.32 Å². The Morgan fingerprint density at radius 3 is 2.40 bits per heavy atom. The molecule has 1 aromatic carbocycles. The van der Waals surface area contributed by atoms with E-state index in [1.807, 2.05) is 6.07 Å². The summed E-state index contributed by atoms with van der Waals surface area (Å²) in [7, 11) is 5.93. The highest BCUT2D eigenvalue weighted by molar-refractivity contribution is 5.52. The fourth-order valence-electron chi connectivity index (χ4n) is 3.25. The Kier molecular flexibility index (Phi) is 4.30. The van der Waals surface area contributed by atoms with Crippen molar-refractivity contribution in [3.63, 3.8) is 0 Å². The smallest absolute Gasteiger partial charge is 0.333 e. The van der Waals surface area contributed by atoms with Gasteiger partial charge in [-0.3, -0.25) is 13.9 Å². The summed E-state index contributed by atoms with van der Waals surface area (Å²) in [6, 6.07) is 3.13. The molecule has 1 aliphatic rings. The van der Waals surface area contributed by atoms with Gasteiger partial charge in [0.25, 0.3) is 5.56 Å². The van der Waals surface area contributed by atoms with Gasteiger partial charge in [0, 0.05) is 20.6 Å². The van der Waals surface area contributed by atoms with Gasteiger partial charge in [0.15, 0.2) is 11.5 Å². The van der Waals surface area contributed by atoms with Crippen LogP contribution >= 0.6 is 0 Å². The molecule has 2 heterocycles. The molecular weight excluding hydrogens is 326 g/mol. The predicted octanol–water partition coefficient (Wildman–Crippen LogP) is 0.0419. The second kappa shape index (κ2) is 6.29. The van der Waals surface area contributed by atoms with Gasteiger partial charge >= 0.3 is 5.69 Å². The average molecular weight is 347 g/mol. The van der Waals surface area contributed by atoms with Crippen LogP contribution in [0, 0.1) is 0 Å². The predicted molar refractivity (Wildman–Crippen MR) is 91.7 cm³/mol. The van der Waals surface area contributed by atoms with Crippen LogP contribution in [-0.2, 0) is 20.5 Å². The number of aromatic nitrogens is 2. The molecule has 1 atom stereocenters. The third-order valence-electron chi connectivity index (χ3n) is 4.66. The summed E-state index contributed by atoms with van der Waals surface area (Å²) in [6.07, 6.45) is 0.749. The first-order valence-corrected chi connectivity index (χ1v) is 7.87. The van der Waals surface area contributed by atoms with Crippen molar-refractivity contribution in [3.05, 3.63) is 49.7 Å². The minimum Gasteiger partial charge on any atom is -0.494 e. The molecule has 1 aromatic heterocycles. The molecule has 1 aliphatic heterocycles. The maximum atomic E-state index is 12.6. The van der Waals surface area contributed by atoms with Gasteiger partial charge in [-0.05, 0) is 29.7 Å². The minimum absolute atomic E-state index is 0.137. The van der Waals surface area contributed by atoms with Crippen LogP contribution in [0.25, 0.3) is 0 Å². The number of ether oxygens (including phenoxy) is 2. The van der Waals surface area contributed by atoms with E-state index in [4.69, 9.17) is 9.47 Å². The van der Waals surface area contributed by atoms with Crippen molar-refractivity contribution in [2.75, 3.05) is 20.8 Å². The second-order valence-corrected chi connectivity index (χ2v) is 5.99. The molecule has 2 aromatic rings. The number of benzene rings is 1. The Balaban J connectivity index is 2.27. The van der Waals surface area contributed by atoms with E-state index in [1.54, 1.807) is 13.2 Å². The highest BCUT2D eigenvalue weighted by Gasteiger charge is 2.30. The van der Waals surface area contributed by atoms with E-state index in [0.29, 0.717) is 18.0 Å². The van der Waals surface area contributed by atoms with E-state index < -0.39 is 17.3 Å². The Morgan fingerprint density at radius 1 is 1.12 bits per heavy atom. The number of nitrogens with one attached hydrogen (secondary N) is 1. The van der Waals surface area contributed by atoms with Crippen LogP contribution in [0.5, 0.6) is 17.4 Å². The zero-order chi connectivity index (χ0) is 18.3. The molecule has 0 saturated heterocycles. The average Bonchev–Trinajstić information content (AvgIpc) is 2.63. The molecule has 8 nitrogen and oxygen atoms in total. The zero-order valence-electron chi connectivity index (χ0n) is 14.6. The van der Waals surface area contributed by atoms with Crippen LogP contribution in [0.3, 0.4) is 0 Å². The number of fused-ring (bicyclic) bond motifs is 1. The van der Waals surface area contributed by atoms with E-state index in [9.17, 15) is 14.7 Å². The summed E-state index contributed by atoms with van der Waals surface area (Å²) in [5.41, 5.74) is 0.847. The van der Waals surface area contributed by atoms with Crippen molar-refractivity contribution in [1.82, 2.24) is 14.5 Å². The third-order valence-corrected chi connectivity index (χ3v) is 4.66. The lowest BCUT2D eigenvalue weighted by Gasteiger charge is -2.28. The maximum absolute atomic E-state index is 12.6. The lowest BCUT2D eigenvalue weighted by atomic mass is 9.90. The van der Waals surface area contributed by atoms with Crippen LogP contribution in [-0.4, -0.2) is 35.0 Å². The van der Waals surface area contributed by atoms with Crippen LogP contribution in [0.15, 0.2) is 21.7 Å². The van der Waals surface area contributed by atoms with Gasteiger partial charge in [-0.25, -0.2) is 4.79 Å². The first-order chi connectivity index (χ1) is 11.9. The zero-order valence-corrected chi connectivity index (χ0v) is 14.6. The number of methoxy groups -OCH3 is 2. The molecule has 0 spiro atoms. The van der Waals surface area contributed by atoms with Crippen molar-refractivity contribution in [1.29, 1.82) is 0 Å². The van der Waals surface area contributed by atoms with Gasteiger partial charge < -0.3 is 19.9 Å². The highest BCUT2D eigenvalue weighted by atomic mass is 16.5. The molecule has 0 aliphatic carbocycles. The van der Waals surface area contributed by atoms with E-state index in [-0.39, 0.29) is 11.4 Å². The van der Waals surface area contributed by atoms with Gasteiger partial charge in [-0.1, -0.05) is 0 Å². The number of hydrogen-bond donors (Lipinski definition) is 2. The Bertz CT molecular complexity index is 945. The van der Waals surface area contributed by atoms with Crippen molar-refractivity contribution >= 4 is 0 Å². The van der Waals surface area contributed by atoms with Gasteiger partial charge in [-0.15, -0.1) is 0 Å². The summed E-state index contributed by atoms with van der Waals surface area (Å²) in [5, 5.41) is 13.7. The van der Waals surface area contributed by atoms with Crippen molar-refractivity contribution in [3.8, 4) is 17.4 Å². The number of rotatable bonds is 3. The van der Waals surface area contributed by atoms with Gasteiger partial charge in [0.2, 0.25) is 5.88 Å². The van der Waals surface area contributed by atoms with E-state index >= 15 is 0 Å². The molecule has 0 amide bonds. The van der Waals surface area contributed by atoms with Crippen LogP contribution in [0.1, 0.15) is 22.7 Å². The molecule has 2 N–H and O–H groups in total. The summed E-state index contributed by atoms with van der Waals surface area (Å²) < 4.78 is 12.8. The number of hydrogen-bond acceptors (Lipinski definition) is 6. The van der Waals surface area contributed by atoms with Gasteiger partial charge in [0.05, 0.1) is 25.8 Å². The van der Waals surface area contributed by atoms with Crippen LogP contribution in [0.2, 0.25) is 0 Å². The summed E-state index contributed by atoms with van der Waals surface area (Å²) in [4.78, 5) is 24.6. The minimum atomic E-state index is -0.574. The summed E-state index contributed by atoms with van der Waals surface area (Å²) in [6.45, 7) is 0.624. The van der Waals surface area contributed by atoms with Crippen LogP contribution < -0.4 is 26.0 Å². The molecule has 0 radical (unpaired) electrons. The van der Waals surface area contributed by atoms with E-state index in [0.717, 1.165) is 26.7 Å². The molecule has 1 unspecified atom stereocenters. The highest BCUT2D eigenvalue weighted by Crippen LogP contribution is 2.38. The summed E-state index contributed by atoms with van der Waals surface area (Å²) >= 11 is 0. The molecule has 0 saturated carbocycles. The lowest BCUT2D eigenvalue weighted by molar-refractivity contribution is 0.352. The van der Waals surface area contributed by atoms with Crippen molar-refractivity contribution in [2.24, 2.45) is 14.1 Å². The standard InChI is InChI=1S/C17H21N3O5/c1-19-15(21)13(16(22)20(2)17(19)23)14-10-8-12(25-4)11(24-3)7-9(10)5-6-18-14/h7-8,14,18,21H,5-6H2,1-4H3. The van der Waals surface area contributed by atoms with Crippen LogP contribution in [0.4, 0.5) is 0 Å². The normalized spacial score (nSPS) is 16.4.